The number of benzene rings is 1. The number of amides is 1. The number of aromatic amines is 1. The summed E-state index contributed by atoms with van der Waals surface area (Å²) in [5, 5.41) is 9.42. The highest BCUT2D eigenvalue weighted by atomic mass is 79.9. The third-order valence-corrected chi connectivity index (χ3v) is 4.35. The number of carbonyl (C=O) groups is 2. The molecule has 1 atom stereocenters. The third kappa shape index (κ3) is 4.90. The van der Waals surface area contributed by atoms with E-state index in [2.05, 4.69) is 31.4 Å². The number of esters is 1. The molecular formula is C17H18BrN3O4. The SMILES string of the molecule is O=C(COC(=O)c1cc(-c2ccc(Br)cc2)n[nH]1)NC[C@H]1CCCO1. The Labute approximate surface area is 153 Å². The van der Waals surface area contributed by atoms with E-state index in [1.54, 1.807) is 6.07 Å². The Hall–Kier alpha value is -2.19. The Balaban J connectivity index is 1.48. The summed E-state index contributed by atoms with van der Waals surface area (Å²) in [5.41, 5.74) is 1.69. The number of hydrogen-bond acceptors (Lipinski definition) is 5. The van der Waals surface area contributed by atoms with Crippen molar-refractivity contribution >= 4 is 27.8 Å². The molecule has 0 aliphatic carbocycles. The molecule has 132 valence electrons. The predicted octanol–water partition coefficient (Wildman–Crippen LogP) is 2.29. The maximum atomic E-state index is 12.0. The van der Waals surface area contributed by atoms with E-state index in [-0.39, 0.29) is 24.3 Å². The van der Waals surface area contributed by atoms with Crippen LogP contribution in [-0.2, 0) is 14.3 Å². The molecule has 25 heavy (non-hydrogen) atoms. The molecule has 1 aromatic carbocycles. The van der Waals surface area contributed by atoms with Crippen molar-refractivity contribution < 1.29 is 19.1 Å². The molecule has 1 aliphatic heterocycles. The van der Waals surface area contributed by atoms with Crippen LogP contribution in [0.25, 0.3) is 11.3 Å². The first kappa shape index (κ1) is 17.6. The minimum absolute atomic E-state index is 0.0562. The number of ether oxygens (including phenoxy) is 2. The van der Waals surface area contributed by atoms with Crippen LogP contribution in [0, 0.1) is 0 Å². The highest BCUT2D eigenvalue weighted by Gasteiger charge is 2.17. The quantitative estimate of drug-likeness (QED) is 0.716. The van der Waals surface area contributed by atoms with E-state index < -0.39 is 5.97 Å². The number of carbonyl (C=O) groups excluding carboxylic acids is 2. The topological polar surface area (TPSA) is 93.3 Å². The zero-order valence-electron chi connectivity index (χ0n) is 13.5. The van der Waals surface area contributed by atoms with Crippen LogP contribution < -0.4 is 5.32 Å². The summed E-state index contributed by atoms with van der Waals surface area (Å²) in [5.74, 6) is -0.973. The highest BCUT2D eigenvalue weighted by molar-refractivity contribution is 9.10. The van der Waals surface area contributed by atoms with Crippen molar-refractivity contribution in [3.63, 3.8) is 0 Å². The monoisotopic (exact) mass is 407 g/mol. The van der Waals surface area contributed by atoms with Crippen LogP contribution in [0.5, 0.6) is 0 Å². The van der Waals surface area contributed by atoms with Crippen LogP contribution >= 0.6 is 15.9 Å². The summed E-state index contributed by atoms with van der Waals surface area (Å²) >= 11 is 3.37. The van der Waals surface area contributed by atoms with Gasteiger partial charge in [0.05, 0.1) is 11.8 Å². The van der Waals surface area contributed by atoms with Crippen molar-refractivity contribution in [3.8, 4) is 11.3 Å². The minimum Gasteiger partial charge on any atom is -0.451 e. The third-order valence-electron chi connectivity index (χ3n) is 3.82. The molecule has 0 spiro atoms. The van der Waals surface area contributed by atoms with Crippen LogP contribution in [-0.4, -0.2) is 47.9 Å². The van der Waals surface area contributed by atoms with Crippen LogP contribution in [0.4, 0.5) is 0 Å². The van der Waals surface area contributed by atoms with E-state index in [1.165, 1.54) is 0 Å². The Morgan fingerprint density at radius 2 is 2.16 bits per heavy atom. The number of rotatable bonds is 6. The fraction of sp³-hybridized carbons (Fsp3) is 0.353. The number of halogens is 1. The van der Waals surface area contributed by atoms with Gasteiger partial charge in [0.1, 0.15) is 5.69 Å². The number of hydrogen-bond donors (Lipinski definition) is 2. The maximum Gasteiger partial charge on any atom is 0.356 e. The molecule has 3 rings (SSSR count). The molecule has 1 aliphatic rings. The second kappa shape index (κ2) is 8.26. The predicted molar refractivity (Wildman–Crippen MR) is 94.0 cm³/mol. The normalized spacial score (nSPS) is 16.6. The Bertz CT molecular complexity index is 739. The molecule has 1 fully saturated rings. The molecule has 7 nitrogen and oxygen atoms in total. The van der Waals surface area contributed by atoms with Gasteiger partial charge >= 0.3 is 5.97 Å². The Kier molecular flexibility index (Phi) is 5.83. The summed E-state index contributed by atoms with van der Waals surface area (Å²) in [6.45, 7) is 0.836. The van der Waals surface area contributed by atoms with Crippen LogP contribution in [0.3, 0.4) is 0 Å². The van der Waals surface area contributed by atoms with Crippen LogP contribution in [0.1, 0.15) is 23.3 Å². The first-order valence-electron chi connectivity index (χ1n) is 7.98. The summed E-state index contributed by atoms with van der Waals surface area (Å²) in [6.07, 6.45) is 2.00. The number of aromatic nitrogens is 2. The summed E-state index contributed by atoms with van der Waals surface area (Å²) in [4.78, 5) is 23.7. The zero-order chi connectivity index (χ0) is 17.6. The first-order valence-corrected chi connectivity index (χ1v) is 8.78. The van der Waals surface area contributed by atoms with Gasteiger partial charge in [-0.2, -0.15) is 5.10 Å². The summed E-state index contributed by atoms with van der Waals surface area (Å²) in [7, 11) is 0. The van der Waals surface area contributed by atoms with Gasteiger partial charge in [-0.15, -0.1) is 0 Å². The smallest absolute Gasteiger partial charge is 0.356 e. The minimum atomic E-state index is -0.622. The van der Waals surface area contributed by atoms with Crippen molar-refractivity contribution in [2.24, 2.45) is 0 Å². The molecule has 0 bridgehead atoms. The Morgan fingerprint density at radius 1 is 1.36 bits per heavy atom. The van der Waals surface area contributed by atoms with Crippen LogP contribution in [0.15, 0.2) is 34.8 Å². The molecule has 2 aromatic rings. The lowest BCUT2D eigenvalue weighted by Gasteiger charge is -2.10. The van der Waals surface area contributed by atoms with E-state index in [0.29, 0.717) is 12.2 Å². The largest absolute Gasteiger partial charge is 0.451 e. The average molecular weight is 408 g/mol. The first-order chi connectivity index (χ1) is 12.1. The maximum absolute atomic E-state index is 12.0. The van der Waals surface area contributed by atoms with E-state index in [1.807, 2.05) is 24.3 Å². The molecule has 1 saturated heterocycles. The van der Waals surface area contributed by atoms with Crippen molar-refractivity contribution in [1.82, 2.24) is 15.5 Å². The lowest BCUT2D eigenvalue weighted by molar-refractivity contribution is -0.124. The lowest BCUT2D eigenvalue weighted by atomic mass is 10.1. The van der Waals surface area contributed by atoms with Gasteiger partial charge in [-0.1, -0.05) is 28.1 Å². The van der Waals surface area contributed by atoms with Crippen molar-refractivity contribution in [2.45, 2.75) is 18.9 Å². The lowest BCUT2D eigenvalue weighted by Crippen LogP contribution is -2.34. The molecule has 1 aromatic heterocycles. The van der Waals surface area contributed by atoms with Crippen molar-refractivity contribution in [1.29, 1.82) is 0 Å². The number of nitrogens with one attached hydrogen (secondary N) is 2. The van der Waals surface area contributed by atoms with E-state index in [0.717, 1.165) is 29.5 Å². The summed E-state index contributed by atoms with van der Waals surface area (Å²) < 4.78 is 11.4. The molecule has 0 radical (unpaired) electrons. The van der Waals surface area contributed by atoms with Gasteiger partial charge in [0.15, 0.2) is 6.61 Å². The van der Waals surface area contributed by atoms with Crippen molar-refractivity contribution in [3.05, 3.63) is 40.5 Å². The van der Waals surface area contributed by atoms with Crippen molar-refractivity contribution in [2.75, 3.05) is 19.8 Å². The number of H-pyrrole nitrogens is 1. The number of nitrogens with zero attached hydrogens (tertiary/aromatic N) is 1. The molecule has 0 unspecified atom stereocenters. The van der Waals surface area contributed by atoms with Gasteiger partial charge < -0.3 is 14.8 Å². The van der Waals surface area contributed by atoms with E-state index in [4.69, 9.17) is 9.47 Å². The molecule has 1 amide bonds. The highest BCUT2D eigenvalue weighted by Crippen LogP contribution is 2.20. The fourth-order valence-electron chi connectivity index (χ4n) is 2.49. The molecule has 0 saturated carbocycles. The molecule has 8 heteroatoms. The fourth-order valence-corrected chi connectivity index (χ4v) is 2.75. The van der Waals surface area contributed by atoms with Crippen LogP contribution in [0.2, 0.25) is 0 Å². The standard InChI is InChI=1S/C17H18BrN3O4/c18-12-5-3-11(4-6-12)14-8-15(21-20-14)17(23)25-10-16(22)19-9-13-2-1-7-24-13/h3-6,8,13H,1-2,7,9-10H2,(H,19,22)(H,20,21)/t13-/m1/s1. The van der Waals surface area contributed by atoms with E-state index >= 15 is 0 Å². The Morgan fingerprint density at radius 3 is 2.88 bits per heavy atom. The average Bonchev–Trinajstić information content (AvgIpc) is 3.30. The van der Waals surface area contributed by atoms with Gasteiger partial charge in [0, 0.05) is 23.2 Å². The van der Waals surface area contributed by atoms with E-state index in [9.17, 15) is 9.59 Å². The van der Waals surface area contributed by atoms with Gasteiger partial charge in [-0.05, 0) is 31.0 Å². The molecule has 2 heterocycles. The van der Waals surface area contributed by atoms with Gasteiger partial charge in [0.25, 0.3) is 5.91 Å². The zero-order valence-corrected chi connectivity index (χ0v) is 15.0. The van der Waals surface area contributed by atoms with Gasteiger partial charge in [-0.25, -0.2) is 4.79 Å². The molecular weight excluding hydrogens is 390 g/mol. The second-order valence-electron chi connectivity index (χ2n) is 5.69. The molecule has 2 N–H and O–H groups in total. The summed E-state index contributed by atoms with van der Waals surface area (Å²) in [6, 6.07) is 9.14. The van der Waals surface area contributed by atoms with Gasteiger partial charge in [-0.3, -0.25) is 9.89 Å². The second-order valence-corrected chi connectivity index (χ2v) is 6.60. The van der Waals surface area contributed by atoms with Gasteiger partial charge in [0.2, 0.25) is 0 Å².